The maximum atomic E-state index is 5.96. The lowest BCUT2D eigenvalue weighted by molar-refractivity contribution is 0.711. The Morgan fingerprint density at radius 2 is 2.14 bits per heavy atom. The zero-order chi connectivity index (χ0) is 9.97. The van der Waals surface area contributed by atoms with Crippen molar-refractivity contribution < 1.29 is 0 Å². The van der Waals surface area contributed by atoms with Crippen molar-refractivity contribution >= 4 is 38.4 Å². The molecular weight excluding hydrogens is 261 g/mol. The Morgan fingerprint density at radius 3 is 2.93 bits per heavy atom. The van der Waals surface area contributed by atoms with Crippen LogP contribution in [0.15, 0.2) is 30.5 Å². The molecule has 1 nitrogen and oxygen atoms in total. The van der Waals surface area contributed by atoms with Gasteiger partial charge >= 0.3 is 0 Å². The summed E-state index contributed by atoms with van der Waals surface area (Å²) in [5.41, 5.74) is 1.22. The van der Waals surface area contributed by atoms with Gasteiger partial charge < -0.3 is 4.57 Å². The summed E-state index contributed by atoms with van der Waals surface area (Å²) < 4.78 is 2.24. The topological polar surface area (TPSA) is 4.93 Å². The van der Waals surface area contributed by atoms with Gasteiger partial charge in [-0.1, -0.05) is 33.6 Å². The molecule has 0 N–H and O–H groups in total. The molecule has 0 spiro atoms. The normalized spacial score (nSPS) is 11.0. The molecule has 0 aliphatic carbocycles. The van der Waals surface area contributed by atoms with Gasteiger partial charge in [-0.05, 0) is 30.0 Å². The lowest BCUT2D eigenvalue weighted by atomic mass is 10.2. The molecule has 0 saturated heterocycles. The molecule has 0 saturated carbocycles. The highest BCUT2D eigenvalue weighted by Crippen LogP contribution is 2.20. The Morgan fingerprint density at radius 1 is 1.29 bits per heavy atom. The van der Waals surface area contributed by atoms with Crippen LogP contribution in [-0.4, -0.2) is 9.90 Å². The standard InChI is InChI=1S/C11H11BrClN/c12-5-1-6-14-7-4-9-2-3-10(13)8-11(9)14/h2-4,7-8H,1,5-6H2. The Hall–Kier alpha value is -0.470. The van der Waals surface area contributed by atoms with Gasteiger partial charge in [-0.15, -0.1) is 0 Å². The van der Waals surface area contributed by atoms with E-state index in [1.165, 1.54) is 10.9 Å². The molecule has 3 heteroatoms. The molecule has 1 aromatic heterocycles. The zero-order valence-corrected chi connectivity index (χ0v) is 10.1. The monoisotopic (exact) mass is 271 g/mol. The van der Waals surface area contributed by atoms with E-state index in [9.17, 15) is 0 Å². The van der Waals surface area contributed by atoms with Crippen molar-refractivity contribution in [2.75, 3.05) is 5.33 Å². The van der Waals surface area contributed by atoms with Crippen LogP contribution in [0.25, 0.3) is 10.9 Å². The molecule has 74 valence electrons. The van der Waals surface area contributed by atoms with E-state index in [4.69, 9.17) is 11.6 Å². The third kappa shape index (κ3) is 1.96. The fourth-order valence-corrected chi connectivity index (χ4v) is 2.00. The highest BCUT2D eigenvalue weighted by molar-refractivity contribution is 9.09. The van der Waals surface area contributed by atoms with Gasteiger partial charge in [-0.3, -0.25) is 0 Å². The molecule has 0 radical (unpaired) electrons. The van der Waals surface area contributed by atoms with Crippen LogP contribution >= 0.6 is 27.5 Å². The van der Waals surface area contributed by atoms with Gasteiger partial charge in [0.1, 0.15) is 0 Å². The van der Waals surface area contributed by atoms with Crippen molar-refractivity contribution in [2.24, 2.45) is 0 Å². The smallest absolute Gasteiger partial charge is 0.0495 e. The van der Waals surface area contributed by atoms with Crippen LogP contribution in [0.2, 0.25) is 5.02 Å². The number of rotatable bonds is 3. The average Bonchev–Trinajstić information content (AvgIpc) is 2.57. The summed E-state index contributed by atoms with van der Waals surface area (Å²) >= 11 is 9.39. The average molecular weight is 273 g/mol. The number of hydrogen-bond acceptors (Lipinski definition) is 0. The zero-order valence-electron chi connectivity index (χ0n) is 7.71. The number of alkyl halides is 1. The van der Waals surface area contributed by atoms with Crippen molar-refractivity contribution in [1.82, 2.24) is 4.57 Å². The lowest BCUT2D eigenvalue weighted by Crippen LogP contribution is -1.95. The Labute approximate surface area is 96.8 Å². The molecule has 2 aromatic rings. The van der Waals surface area contributed by atoms with Gasteiger partial charge in [0.2, 0.25) is 0 Å². The Bertz CT molecular complexity index is 436. The second-order valence-corrected chi connectivity index (χ2v) is 4.48. The lowest BCUT2D eigenvalue weighted by Gasteiger charge is -2.03. The van der Waals surface area contributed by atoms with Crippen molar-refractivity contribution in [1.29, 1.82) is 0 Å². The maximum Gasteiger partial charge on any atom is 0.0495 e. The van der Waals surface area contributed by atoms with E-state index in [-0.39, 0.29) is 0 Å². The first kappa shape index (κ1) is 10.1. The number of halogens is 2. The maximum absolute atomic E-state index is 5.96. The summed E-state index contributed by atoms with van der Waals surface area (Å²) in [6.45, 7) is 1.04. The summed E-state index contributed by atoms with van der Waals surface area (Å²) in [6, 6.07) is 8.13. The summed E-state index contributed by atoms with van der Waals surface area (Å²) in [6.07, 6.45) is 3.25. The van der Waals surface area contributed by atoms with E-state index >= 15 is 0 Å². The quantitative estimate of drug-likeness (QED) is 0.742. The molecule has 0 aliphatic heterocycles. The molecule has 0 aliphatic rings. The van der Waals surface area contributed by atoms with Crippen LogP contribution in [-0.2, 0) is 6.54 Å². The van der Waals surface area contributed by atoms with Crippen LogP contribution in [0.3, 0.4) is 0 Å². The Kier molecular flexibility index (Phi) is 3.14. The van der Waals surface area contributed by atoms with Gasteiger partial charge in [0.15, 0.2) is 0 Å². The first-order chi connectivity index (χ1) is 6.81. The molecular formula is C11H11BrClN. The summed E-state index contributed by atoms with van der Waals surface area (Å²) in [5, 5.41) is 3.09. The number of aryl methyl sites for hydroxylation is 1. The molecule has 14 heavy (non-hydrogen) atoms. The van der Waals surface area contributed by atoms with Crippen LogP contribution < -0.4 is 0 Å². The van der Waals surface area contributed by atoms with Crippen LogP contribution in [0.5, 0.6) is 0 Å². The van der Waals surface area contributed by atoms with E-state index in [1.54, 1.807) is 0 Å². The second-order valence-electron chi connectivity index (χ2n) is 3.25. The van der Waals surface area contributed by atoms with Crippen molar-refractivity contribution in [3.8, 4) is 0 Å². The third-order valence-corrected chi connectivity index (χ3v) is 3.06. The molecule has 0 amide bonds. The fraction of sp³-hybridized carbons (Fsp3) is 0.273. The van der Waals surface area contributed by atoms with Gasteiger partial charge in [-0.25, -0.2) is 0 Å². The molecule has 0 unspecified atom stereocenters. The molecule has 2 rings (SSSR count). The first-order valence-electron chi connectivity index (χ1n) is 4.61. The third-order valence-electron chi connectivity index (χ3n) is 2.27. The van der Waals surface area contributed by atoms with E-state index in [0.29, 0.717) is 0 Å². The van der Waals surface area contributed by atoms with Crippen LogP contribution in [0.1, 0.15) is 6.42 Å². The molecule has 1 heterocycles. The van der Waals surface area contributed by atoms with Gasteiger partial charge in [0.25, 0.3) is 0 Å². The van der Waals surface area contributed by atoms with Gasteiger partial charge in [0.05, 0.1) is 0 Å². The van der Waals surface area contributed by atoms with Gasteiger partial charge in [-0.2, -0.15) is 0 Å². The SMILES string of the molecule is Clc1ccc2ccn(CCCBr)c2c1. The highest BCUT2D eigenvalue weighted by Gasteiger charge is 2.00. The number of benzene rings is 1. The molecule has 0 fully saturated rings. The van der Waals surface area contributed by atoms with E-state index < -0.39 is 0 Å². The van der Waals surface area contributed by atoms with Crippen molar-refractivity contribution in [3.05, 3.63) is 35.5 Å². The minimum absolute atomic E-state index is 0.802. The summed E-state index contributed by atoms with van der Waals surface area (Å²) in [7, 11) is 0. The van der Waals surface area contributed by atoms with Crippen molar-refractivity contribution in [2.45, 2.75) is 13.0 Å². The number of fused-ring (bicyclic) bond motifs is 1. The van der Waals surface area contributed by atoms with Gasteiger partial charge in [0, 0.05) is 28.6 Å². The van der Waals surface area contributed by atoms with E-state index in [1.807, 2.05) is 12.1 Å². The van der Waals surface area contributed by atoms with E-state index in [2.05, 4.69) is 38.8 Å². The molecule has 1 aromatic carbocycles. The highest BCUT2D eigenvalue weighted by atomic mass is 79.9. The largest absolute Gasteiger partial charge is 0.347 e. The second kappa shape index (κ2) is 4.37. The van der Waals surface area contributed by atoms with Crippen LogP contribution in [0.4, 0.5) is 0 Å². The fourth-order valence-electron chi connectivity index (χ4n) is 1.58. The van der Waals surface area contributed by atoms with E-state index in [0.717, 1.165) is 23.3 Å². The predicted molar refractivity (Wildman–Crippen MR) is 65.4 cm³/mol. The number of nitrogens with zero attached hydrogens (tertiary/aromatic N) is 1. The van der Waals surface area contributed by atoms with Crippen molar-refractivity contribution in [3.63, 3.8) is 0 Å². The molecule has 0 bridgehead atoms. The van der Waals surface area contributed by atoms with Crippen LogP contribution in [0, 0.1) is 0 Å². The predicted octanol–water partition coefficient (Wildman–Crippen LogP) is 4.08. The molecule has 0 atom stereocenters. The summed E-state index contributed by atoms with van der Waals surface area (Å²) in [4.78, 5) is 0. The minimum atomic E-state index is 0.802. The number of hydrogen-bond donors (Lipinski definition) is 0. The number of aromatic nitrogens is 1. The summed E-state index contributed by atoms with van der Waals surface area (Å²) in [5.74, 6) is 0. The Balaban J connectivity index is 2.40. The minimum Gasteiger partial charge on any atom is -0.347 e. The first-order valence-corrected chi connectivity index (χ1v) is 6.11.